The highest BCUT2D eigenvalue weighted by atomic mass is 16.5. The normalized spacial score (nSPS) is 14.0. The summed E-state index contributed by atoms with van der Waals surface area (Å²) in [6.07, 6.45) is 5.58. The number of hydrogen-bond donors (Lipinski definition) is 1. The number of methoxy groups -OCH3 is 1. The molecule has 9 nitrogen and oxygen atoms in total. The quantitative estimate of drug-likeness (QED) is 0.354. The molecular formula is C29H25N5O4. The summed E-state index contributed by atoms with van der Waals surface area (Å²) in [6.45, 7) is 2.84. The van der Waals surface area contributed by atoms with Crippen LogP contribution in [0.1, 0.15) is 21.7 Å². The summed E-state index contributed by atoms with van der Waals surface area (Å²) < 4.78 is 13.0. The van der Waals surface area contributed by atoms with Gasteiger partial charge in [0.25, 0.3) is 0 Å². The molecule has 0 bridgehead atoms. The van der Waals surface area contributed by atoms with Crippen molar-refractivity contribution in [1.82, 2.24) is 19.6 Å². The van der Waals surface area contributed by atoms with E-state index >= 15 is 0 Å². The summed E-state index contributed by atoms with van der Waals surface area (Å²) in [6, 6.07) is 18.4. The summed E-state index contributed by atoms with van der Waals surface area (Å²) in [7, 11) is 1.65. The number of carboxylic acid groups (broad SMARTS) is 1. The fraction of sp³-hybridized carbons (Fsp3) is 0.172. The van der Waals surface area contributed by atoms with Crippen LogP contribution in [-0.4, -0.2) is 64.1 Å². The second-order valence-electron chi connectivity index (χ2n) is 8.88. The Morgan fingerprint density at radius 2 is 1.82 bits per heavy atom. The van der Waals surface area contributed by atoms with E-state index in [0.29, 0.717) is 18.9 Å². The second kappa shape index (κ2) is 9.95. The lowest BCUT2D eigenvalue weighted by atomic mass is 10.1. The number of rotatable bonds is 6. The summed E-state index contributed by atoms with van der Waals surface area (Å²) in [5.41, 5.74) is 5.72. The minimum Gasteiger partial charge on any atom is -0.496 e. The Bertz CT molecular complexity index is 1670. The van der Waals surface area contributed by atoms with Crippen LogP contribution >= 0.6 is 0 Å². The smallest absolute Gasteiger partial charge is 0.335 e. The molecule has 0 saturated carbocycles. The third-order valence-electron chi connectivity index (χ3n) is 6.61. The Kier molecular flexibility index (Phi) is 6.19. The highest BCUT2D eigenvalue weighted by molar-refractivity contribution is 5.90. The number of aromatic nitrogens is 4. The number of carbonyl (C=O) groups is 1. The molecule has 3 aromatic heterocycles. The number of benzene rings is 2. The van der Waals surface area contributed by atoms with Crippen LogP contribution in [0.2, 0.25) is 0 Å². The number of pyridine rings is 1. The fourth-order valence-corrected chi connectivity index (χ4v) is 4.74. The van der Waals surface area contributed by atoms with Crippen molar-refractivity contribution in [3.63, 3.8) is 0 Å². The maximum Gasteiger partial charge on any atom is 0.335 e. The van der Waals surface area contributed by atoms with Crippen LogP contribution in [0.4, 0.5) is 5.69 Å². The van der Waals surface area contributed by atoms with Gasteiger partial charge in [-0.1, -0.05) is 24.3 Å². The van der Waals surface area contributed by atoms with Crippen molar-refractivity contribution in [3.05, 3.63) is 83.8 Å². The molecule has 9 heteroatoms. The number of morpholine rings is 1. The molecule has 6 rings (SSSR count). The Morgan fingerprint density at radius 1 is 1.03 bits per heavy atom. The molecule has 1 aliphatic heterocycles. The van der Waals surface area contributed by atoms with Crippen LogP contribution in [0.5, 0.6) is 5.75 Å². The van der Waals surface area contributed by atoms with E-state index in [0.717, 1.165) is 58.0 Å². The maximum absolute atomic E-state index is 11.4. The molecule has 1 N–H and O–H groups in total. The number of nitrogens with zero attached hydrogens (tertiary/aromatic N) is 5. The molecule has 1 fully saturated rings. The van der Waals surface area contributed by atoms with Crippen LogP contribution in [-0.2, 0) is 4.74 Å². The molecule has 1 aliphatic rings. The first-order valence-electron chi connectivity index (χ1n) is 12.3. The largest absolute Gasteiger partial charge is 0.496 e. The Morgan fingerprint density at radius 3 is 2.58 bits per heavy atom. The summed E-state index contributed by atoms with van der Waals surface area (Å²) in [5, 5.41) is 14.9. The van der Waals surface area contributed by atoms with Crippen molar-refractivity contribution in [2.75, 3.05) is 38.3 Å². The van der Waals surface area contributed by atoms with Gasteiger partial charge >= 0.3 is 5.97 Å². The van der Waals surface area contributed by atoms with E-state index in [1.54, 1.807) is 37.6 Å². The van der Waals surface area contributed by atoms with Gasteiger partial charge in [-0.3, -0.25) is 0 Å². The number of aromatic carboxylic acids is 1. The predicted molar refractivity (Wildman–Crippen MR) is 146 cm³/mol. The molecule has 2 aromatic carbocycles. The number of para-hydroxylation sites is 1. The van der Waals surface area contributed by atoms with Gasteiger partial charge in [0.1, 0.15) is 11.4 Å². The van der Waals surface area contributed by atoms with Gasteiger partial charge in [-0.25, -0.2) is 19.3 Å². The SMILES string of the molecule is COc1cc(C=Cc2nc3c(N4CCOCC4)ccnn3c2-c2ccc(C(=O)O)cc2)nc2ccccc12. The van der Waals surface area contributed by atoms with Crippen molar-refractivity contribution < 1.29 is 19.4 Å². The van der Waals surface area contributed by atoms with E-state index in [9.17, 15) is 9.90 Å². The first-order valence-corrected chi connectivity index (χ1v) is 12.3. The van der Waals surface area contributed by atoms with Gasteiger partial charge in [0.05, 0.1) is 54.7 Å². The molecule has 0 radical (unpaired) electrons. The van der Waals surface area contributed by atoms with Crippen molar-refractivity contribution in [2.24, 2.45) is 0 Å². The van der Waals surface area contributed by atoms with E-state index in [-0.39, 0.29) is 5.56 Å². The van der Waals surface area contributed by atoms with Gasteiger partial charge < -0.3 is 19.5 Å². The van der Waals surface area contributed by atoms with Gasteiger partial charge in [0.15, 0.2) is 5.65 Å². The monoisotopic (exact) mass is 507 g/mol. The molecule has 0 atom stereocenters. The topological polar surface area (TPSA) is 102 Å². The summed E-state index contributed by atoms with van der Waals surface area (Å²) in [5.74, 6) is -0.232. The van der Waals surface area contributed by atoms with E-state index < -0.39 is 5.97 Å². The Labute approximate surface area is 218 Å². The molecule has 38 heavy (non-hydrogen) atoms. The average Bonchev–Trinajstić information content (AvgIpc) is 3.34. The lowest BCUT2D eigenvalue weighted by molar-refractivity contribution is 0.0697. The van der Waals surface area contributed by atoms with Crippen LogP contribution in [0.25, 0.3) is 40.0 Å². The third-order valence-corrected chi connectivity index (χ3v) is 6.61. The standard InChI is InChI=1S/C29H25N5O4/c1-37-26-18-21(31-23-5-3-2-4-22(23)26)10-11-24-27(19-6-8-20(9-7-19)29(35)36)34-28(32-24)25(12-13-30-34)33-14-16-38-17-15-33/h2-13,18H,14-17H2,1H3,(H,35,36). The number of ether oxygens (including phenoxy) is 2. The van der Waals surface area contributed by atoms with E-state index in [4.69, 9.17) is 19.4 Å². The zero-order chi connectivity index (χ0) is 26.1. The number of carboxylic acids is 1. The third kappa shape index (κ3) is 4.33. The first-order chi connectivity index (χ1) is 18.6. The lowest BCUT2D eigenvalue weighted by Crippen LogP contribution is -2.36. The molecular weight excluding hydrogens is 482 g/mol. The fourth-order valence-electron chi connectivity index (χ4n) is 4.74. The molecule has 4 heterocycles. The molecule has 190 valence electrons. The predicted octanol–water partition coefficient (Wildman–Crippen LogP) is 4.66. The summed E-state index contributed by atoms with van der Waals surface area (Å²) >= 11 is 0. The average molecular weight is 508 g/mol. The lowest BCUT2D eigenvalue weighted by Gasteiger charge is -2.28. The second-order valence-corrected chi connectivity index (χ2v) is 8.88. The minimum absolute atomic E-state index is 0.217. The number of hydrogen-bond acceptors (Lipinski definition) is 7. The van der Waals surface area contributed by atoms with Crippen LogP contribution < -0.4 is 9.64 Å². The molecule has 0 aliphatic carbocycles. The van der Waals surface area contributed by atoms with Crippen molar-refractivity contribution in [2.45, 2.75) is 0 Å². The minimum atomic E-state index is -0.973. The van der Waals surface area contributed by atoms with Crippen molar-refractivity contribution in [3.8, 4) is 17.0 Å². The maximum atomic E-state index is 11.4. The molecule has 0 amide bonds. The highest BCUT2D eigenvalue weighted by Gasteiger charge is 2.21. The van der Waals surface area contributed by atoms with Gasteiger partial charge in [-0.15, -0.1) is 0 Å². The van der Waals surface area contributed by atoms with Crippen LogP contribution in [0.15, 0.2) is 66.9 Å². The zero-order valence-corrected chi connectivity index (χ0v) is 20.7. The van der Waals surface area contributed by atoms with Gasteiger partial charge in [-0.2, -0.15) is 5.10 Å². The van der Waals surface area contributed by atoms with E-state index in [2.05, 4.69) is 10.00 Å². The number of imidazole rings is 1. The van der Waals surface area contributed by atoms with E-state index in [1.165, 1.54) is 0 Å². The molecule has 1 saturated heterocycles. The first kappa shape index (κ1) is 23.6. The summed E-state index contributed by atoms with van der Waals surface area (Å²) in [4.78, 5) is 23.4. The Balaban J connectivity index is 1.50. The zero-order valence-electron chi connectivity index (χ0n) is 20.7. The molecule has 5 aromatic rings. The van der Waals surface area contributed by atoms with Crippen LogP contribution in [0, 0.1) is 0 Å². The van der Waals surface area contributed by atoms with Crippen molar-refractivity contribution >= 4 is 40.4 Å². The van der Waals surface area contributed by atoms with Crippen LogP contribution in [0.3, 0.4) is 0 Å². The molecule has 0 unspecified atom stereocenters. The van der Waals surface area contributed by atoms with Gasteiger partial charge in [0, 0.05) is 30.1 Å². The van der Waals surface area contributed by atoms with Crippen molar-refractivity contribution in [1.29, 1.82) is 0 Å². The van der Waals surface area contributed by atoms with Gasteiger partial charge in [0.2, 0.25) is 0 Å². The highest BCUT2D eigenvalue weighted by Crippen LogP contribution is 2.31. The number of anilines is 1. The van der Waals surface area contributed by atoms with E-state index in [1.807, 2.05) is 53.1 Å². The number of fused-ring (bicyclic) bond motifs is 2. The molecule has 0 spiro atoms. The van der Waals surface area contributed by atoms with Gasteiger partial charge in [-0.05, 0) is 42.5 Å². The Hall–Kier alpha value is -4.76.